The van der Waals surface area contributed by atoms with E-state index in [4.69, 9.17) is 4.74 Å². The number of hydrogen-bond acceptors (Lipinski definition) is 4. The zero-order valence-corrected chi connectivity index (χ0v) is 16.9. The normalized spacial score (nSPS) is 20.1. The lowest BCUT2D eigenvalue weighted by molar-refractivity contribution is -0.142. The van der Waals surface area contributed by atoms with E-state index >= 15 is 0 Å². The maximum atomic E-state index is 12.9. The Bertz CT molecular complexity index is 724. The molecule has 0 unspecified atom stereocenters. The zero-order valence-electron chi connectivity index (χ0n) is 16.9. The van der Waals surface area contributed by atoms with Crippen molar-refractivity contribution in [1.29, 1.82) is 0 Å². The summed E-state index contributed by atoms with van der Waals surface area (Å²) in [4.78, 5) is 42.8. The second kappa shape index (κ2) is 8.63. The van der Waals surface area contributed by atoms with Gasteiger partial charge < -0.3 is 19.4 Å². The first kappa shape index (κ1) is 20.2. The highest BCUT2D eigenvalue weighted by Gasteiger charge is 2.38. The van der Waals surface area contributed by atoms with Crippen LogP contribution in [0.4, 0.5) is 5.69 Å². The molecule has 0 spiro atoms. The molecule has 2 heterocycles. The number of rotatable bonds is 5. The maximum absolute atomic E-state index is 12.9. The second-order valence-electron chi connectivity index (χ2n) is 7.91. The van der Waals surface area contributed by atoms with E-state index in [1.54, 1.807) is 16.9 Å². The Kier molecular flexibility index (Phi) is 6.21. The fraction of sp³-hybridized carbons (Fsp3) is 0.571. The molecule has 3 amide bonds. The van der Waals surface area contributed by atoms with Crippen LogP contribution in [0.5, 0.6) is 5.75 Å². The van der Waals surface area contributed by atoms with E-state index in [1.807, 2.05) is 43.0 Å². The van der Waals surface area contributed by atoms with Gasteiger partial charge in [-0.3, -0.25) is 14.4 Å². The molecule has 1 atom stereocenters. The molecule has 2 fully saturated rings. The number of hydrogen-bond donors (Lipinski definition) is 0. The molecule has 0 saturated carbocycles. The quantitative estimate of drug-likeness (QED) is 0.772. The molecule has 7 heteroatoms. The first-order valence-corrected chi connectivity index (χ1v) is 9.90. The summed E-state index contributed by atoms with van der Waals surface area (Å²) in [5.74, 6) is 0.874. The average Bonchev–Trinajstić information content (AvgIpc) is 3.08. The highest BCUT2D eigenvalue weighted by atomic mass is 16.5. The molecule has 1 aromatic rings. The fourth-order valence-corrected chi connectivity index (χ4v) is 3.80. The average molecular weight is 387 g/mol. The third-order valence-corrected chi connectivity index (χ3v) is 5.39. The molecular formula is C21H29N3O4. The van der Waals surface area contributed by atoms with E-state index in [-0.39, 0.29) is 30.1 Å². The lowest BCUT2D eigenvalue weighted by atomic mass is 10.1. The van der Waals surface area contributed by atoms with Crippen LogP contribution in [0.25, 0.3) is 0 Å². The van der Waals surface area contributed by atoms with Crippen molar-refractivity contribution in [3.63, 3.8) is 0 Å². The number of benzene rings is 1. The highest BCUT2D eigenvalue weighted by Crippen LogP contribution is 2.28. The standard InChI is InChI=1S/C21H29N3O4/c1-15(2)12-19(25)22-8-10-23(11-9-22)21(27)16-13-20(26)24(14-16)17-4-6-18(28-3)7-5-17/h4-7,15-16H,8-14H2,1-3H3/t16-/m1/s1. The lowest BCUT2D eigenvalue weighted by Gasteiger charge is -2.36. The first-order valence-electron chi connectivity index (χ1n) is 9.90. The molecule has 0 aromatic heterocycles. The topological polar surface area (TPSA) is 70.2 Å². The molecule has 2 aliphatic rings. The van der Waals surface area contributed by atoms with Gasteiger partial charge in [0.25, 0.3) is 0 Å². The third kappa shape index (κ3) is 4.46. The highest BCUT2D eigenvalue weighted by molar-refractivity contribution is 6.00. The Morgan fingerprint density at radius 3 is 2.25 bits per heavy atom. The predicted molar refractivity (Wildman–Crippen MR) is 106 cm³/mol. The van der Waals surface area contributed by atoms with Gasteiger partial charge in [0.2, 0.25) is 17.7 Å². The van der Waals surface area contributed by atoms with Crippen molar-refractivity contribution >= 4 is 23.4 Å². The number of amides is 3. The van der Waals surface area contributed by atoms with Crippen molar-refractivity contribution in [3.8, 4) is 5.75 Å². The van der Waals surface area contributed by atoms with Gasteiger partial charge >= 0.3 is 0 Å². The van der Waals surface area contributed by atoms with Gasteiger partial charge in [-0.15, -0.1) is 0 Å². The summed E-state index contributed by atoms with van der Waals surface area (Å²) in [6.07, 6.45) is 0.777. The number of piperazine rings is 1. The maximum Gasteiger partial charge on any atom is 0.228 e. The minimum absolute atomic E-state index is 0.0142. The number of carbonyl (C=O) groups is 3. The first-order chi connectivity index (χ1) is 13.4. The van der Waals surface area contributed by atoms with E-state index in [0.717, 1.165) is 11.4 Å². The minimum Gasteiger partial charge on any atom is -0.497 e. The van der Waals surface area contributed by atoms with E-state index in [0.29, 0.717) is 45.1 Å². The summed E-state index contributed by atoms with van der Waals surface area (Å²) < 4.78 is 5.15. The largest absolute Gasteiger partial charge is 0.497 e. The smallest absolute Gasteiger partial charge is 0.228 e. The van der Waals surface area contributed by atoms with Crippen LogP contribution in [0, 0.1) is 11.8 Å². The molecule has 0 N–H and O–H groups in total. The van der Waals surface area contributed by atoms with Crippen molar-refractivity contribution in [2.75, 3.05) is 44.7 Å². The summed E-state index contributed by atoms with van der Waals surface area (Å²) in [6.45, 7) is 6.68. The molecule has 152 valence electrons. The number of ether oxygens (including phenoxy) is 1. The second-order valence-corrected chi connectivity index (χ2v) is 7.91. The van der Waals surface area contributed by atoms with Gasteiger partial charge in [-0.2, -0.15) is 0 Å². The summed E-state index contributed by atoms with van der Waals surface area (Å²) in [5, 5.41) is 0. The molecule has 0 aliphatic carbocycles. The van der Waals surface area contributed by atoms with Gasteiger partial charge in [0.1, 0.15) is 5.75 Å². The van der Waals surface area contributed by atoms with Crippen molar-refractivity contribution < 1.29 is 19.1 Å². The Morgan fingerprint density at radius 1 is 1.07 bits per heavy atom. The predicted octanol–water partition coefficient (Wildman–Crippen LogP) is 1.76. The van der Waals surface area contributed by atoms with E-state index in [2.05, 4.69) is 0 Å². The number of anilines is 1. The lowest BCUT2D eigenvalue weighted by Crippen LogP contribution is -2.52. The molecule has 1 aromatic carbocycles. The van der Waals surface area contributed by atoms with Gasteiger partial charge in [0.15, 0.2) is 0 Å². The van der Waals surface area contributed by atoms with E-state index < -0.39 is 0 Å². The van der Waals surface area contributed by atoms with Gasteiger partial charge in [-0.25, -0.2) is 0 Å². The molecule has 7 nitrogen and oxygen atoms in total. The zero-order chi connectivity index (χ0) is 20.3. The van der Waals surface area contributed by atoms with Crippen LogP contribution in [-0.2, 0) is 14.4 Å². The summed E-state index contributed by atoms with van der Waals surface area (Å²) in [7, 11) is 1.60. The number of methoxy groups -OCH3 is 1. The van der Waals surface area contributed by atoms with Crippen molar-refractivity contribution in [2.45, 2.75) is 26.7 Å². The van der Waals surface area contributed by atoms with Crippen LogP contribution in [0.15, 0.2) is 24.3 Å². The molecule has 2 saturated heterocycles. The molecule has 0 bridgehead atoms. The Hall–Kier alpha value is -2.57. The van der Waals surface area contributed by atoms with Gasteiger partial charge in [-0.1, -0.05) is 13.8 Å². The molecule has 0 radical (unpaired) electrons. The number of carbonyl (C=O) groups excluding carboxylic acids is 3. The van der Waals surface area contributed by atoms with Gasteiger partial charge in [-0.05, 0) is 30.2 Å². The SMILES string of the molecule is COc1ccc(N2C[C@H](C(=O)N3CCN(C(=O)CC(C)C)CC3)CC2=O)cc1. The Labute approximate surface area is 166 Å². The third-order valence-electron chi connectivity index (χ3n) is 5.39. The Morgan fingerprint density at radius 2 is 1.68 bits per heavy atom. The van der Waals surface area contributed by atoms with Crippen LogP contribution >= 0.6 is 0 Å². The van der Waals surface area contributed by atoms with Crippen LogP contribution in [0.3, 0.4) is 0 Å². The summed E-state index contributed by atoms with van der Waals surface area (Å²) in [6, 6.07) is 7.29. The molecule has 28 heavy (non-hydrogen) atoms. The van der Waals surface area contributed by atoms with Gasteiger partial charge in [0.05, 0.1) is 13.0 Å². The molecule has 3 rings (SSSR count). The Balaban J connectivity index is 1.55. The van der Waals surface area contributed by atoms with Crippen molar-refractivity contribution in [1.82, 2.24) is 9.80 Å². The fourth-order valence-electron chi connectivity index (χ4n) is 3.80. The van der Waals surface area contributed by atoms with Crippen LogP contribution in [0.1, 0.15) is 26.7 Å². The van der Waals surface area contributed by atoms with Crippen LogP contribution in [-0.4, -0.2) is 67.4 Å². The van der Waals surface area contributed by atoms with Crippen molar-refractivity contribution in [2.24, 2.45) is 11.8 Å². The molecular weight excluding hydrogens is 358 g/mol. The van der Waals surface area contributed by atoms with Crippen molar-refractivity contribution in [3.05, 3.63) is 24.3 Å². The summed E-state index contributed by atoms with van der Waals surface area (Å²) >= 11 is 0. The minimum atomic E-state index is -0.326. The summed E-state index contributed by atoms with van der Waals surface area (Å²) in [5.41, 5.74) is 0.783. The molecule has 2 aliphatic heterocycles. The van der Waals surface area contributed by atoms with Gasteiger partial charge in [0, 0.05) is 51.3 Å². The van der Waals surface area contributed by atoms with Crippen LogP contribution in [0.2, 0.25) is 0 Å². The van der Waals surface area contributed by atoms with E-state index in [1.165, 1.54) is 0 Å². The monoisotopic (exact) mass is 387 g/mol. The van der Waals surface area contributed by atoms with E-state index in [9.17, 15) is 14.4 Å². The number of nitrogens with zero attached hydrogens (tertiary/aromatic N) is 3. The van der Waals surface area contributed by atoms with Crippen LogP contribution < -0.4 is 9.64 Å².